The first kappa shape index (κ1) is 20.4. The molecule has 0 saturated carbocycles. The Bertz CT molecular complexity index is 1200. The fraction of sp³-hybridized carbons (Fsp3) is 0.391. The molecule has 32 heavy (non-hydrogen) atoms. The molecule has 2 atom stereocenters. The fourth-order valence-corrected chi connectivity index (χ4v) is 4.64. The van der Waals surface area contributed by atoms with Gasteiger partial charge in [-0.2, -0.15) is 0 Å². The van der Waals surface area contributed by atoms with Crippen LogP contribution in [0.5, 0.6) is 0 Å². The highest BCUT2D eigenvalue weighted by Crippen LogP contribution is 2.39. The highest BCUT2D eigenvalue weighted by Gasteiger charge is 2.51. The molecule has 1 aliphatic carbocycles. The van der Waals surface area contributed by atoms with Gasteiger partial charge in [-0.05, 0) is 36.1 Å². The topological polar surface area (TPSA) is 119 Å². The summed E-state index contributed by atoms with van der Waals surface area (Å²) < 4.78 is 17.0. The summed E-state index contributed by atoms with van der Waals surface area (Å²) in [6, 6.07) is 1.69. The molecule has 0 aromatic carbocycles. The molecule has 1 unspecified atom stereocenters. The number of nitrogens with zero attached hydrogens (tertiary/aromatic N) is 2. The van der Waals surface area contributed by atoms with E-state index >= 15 is 0 Å². The van der Waals surface area contributed by atoms with Crippen molar-refractivity contribution in [2.45, 2.75) is 44.6 Å². The molecule has 1 aromatic rings. The number of hydrogen-bond acceptors (Lipinski definition) is 8. The SMILES string of the molecule is CC[C@@]1(OC(=O)OCC[O-])C(=O)OCc2c1cc1n(c2=O)CC2=CC3=CC=CCC3N=C21. The zero-order valence-corrected chi connectivity index (χ0v) is 17.5. The average Bonchev–Trinajstić information content (AvgIpc) is 3.16. The summed E-state index contributed by atoms with van der Waals surface area (Å²) in [5.41, 5.74) is 1.70. The Morgan fingerprint density at radius 3 is 3.03 bits per heavy atom. The van der Waals surface area contributed by atoms with Crippen molar-refractivity contribution in [2.75, 3.05) is 13.2 Å². The number of dihydropyridines is 1. The first-order chi connectivity index (χ1) is 15.5. The summed E-state index contributed by atoms with van der Waals surface area (Å²) in [5.74, 6) is -0.780. The van der Waals surface area contributed by atoms with Crippen molar-refractivity contribution >= 4 is 17.8 Å². The van der Waals surface area contributed by atoms with Gasteiger partial charge >= 0.3 is 12.1 Å². The quantitative estimate of drug-likeness (QED) is 0.645. The number of allylic oxidation sites excluding steroid dienone is 3. The van der Waals surface area contributed by atoms with Crippen molar-refractivity contribution in [3.8, 4) is 0 Å². The van der Waals surface area contributed by atoms with Gasteiger partial charge in [0.15, 0.2) is 0 Å². The van der Waals surface area contributed by atoms with Crippen LogP contribution in [0, 0.1) is 0 Å². The Morgan fingerprint density at radius 1 is 1.41 bits per heavy atom. The molecule has 0 spiro atoms. The number of carbonyl (C=O) groups is 2. The van der Waals surface area contributed by atoms with E-state index in [-0.39, 0.29) is 42.4 Å². The Hall–Kier alpha value is -3.46. The van der Waals surface area contributed by atoms with Gasteiger partial charge in [0.25, 0.3) is 5.56 Å². The van der Waals surface area contributed by atoms with E-state index in [0.717, 1.165) is 17.6 Å². The molecule has 5 rings (SSSR count). The van der Waals surface area contributed by atoms with Crippen LogP contribution in [0.1, 0.15) is 36.6 Å². The molecular weight excluding hydrogens is 416 g/mol. The van der Waals surface area contributed by atoms with Crippen molar-refractivity contribution in [3.05, 3.63) is 68.7 Å². The lowest BCUT2D eigenvalue weighted by atomic mass is 9.85. The van der Waals surface area contributed by atoms with Gasteiger partial charge in [-0.1, -0.05) is 25.2 Å². The van der Waals surface area contributed by atoms with Gasteiger partial charge in [0, 0.05) is 5.56 Å². The van der Waals surface area contributed by atoms with Crippen molar-refractivity contribution in [3.63, 3.8) is 0 Å². The number of fused-ring (bicyclic) bond motifs is 5. The third kappa shape index (κ3) is 2.96. The van der Waals surface area contributed by atoms with Crippen LogP contribution in [0.15, 0.2) is 51.3 Å². The Balaban J connectivity index is 1.63. The Labute approximate surface area is 183 Å². The molecule has 1 aromatic heterocycles. The van der Waals surface area contributed by atoms with Crippen LogP contribution < -0.4 is 10.7 Å². The molecule has 166 valence electrons. The number of cyclic esters (lactones) is 1. The van der Waals surface area contributed by atoms with Gasteiger partial charge in [-0.15, -0.1) is 6.61 Å². The van der Waals surface area contributed by atoms with Crippen LogP contribution >= 0.6 is 0 Å². The van der Waals surface area contributed by atoms with Gasteiger partial charge in [-0.3, -0.25) is 9.79 Å². The Morgan fingerprint density at radius 2 is 2.25 bits per heavy atom. The molecule has 9 heteroatoms. The van der Waals surface area contributed by atoms with Crippen LogP contribution in [0.2, 0.25) is 0 Å². The van der Waals surface area contributed by atoms with Crippen LogP contribution in [0.3, 0.4) is 0 Å². The van der Waals surface area contributed by atoms with Crippen molar-refractivity contribution in [1.82, 2.24) is 4.57 Å². The minimum Gasteiger partial charge on any atom is -0.852 e. The summed E-state index contributed by atoms with van der Waals surface area (Å²) in [6.45, 7) is 0.789. The third-order valence-corrected chi connectivity index (χ3v) is 6.24. The number of pyridine rings is 1. The second kappa shape index (κ2) is 7.59. The molecule has 4 heterocycles. The standard InChI is InChI=1S/C23H21N2O7/c1-2-23(32-22(29)30-8-7-26)16-10-18-19-14(9-13-5-3-4-6-17(13)24-19)11-25(18)20(27)15(16)12-31-21(23)28/h3-5,9-10,17H,2,6-8,11-12H2,1H3/q-1/t17?,23-/m0/s1. The van der Waals surface area contributed by atoms with Crippen LogP contribution in [0.25, 0.3) is 0 Å². The van der Waals surface area contributed by atoms with E-state index < -0.39 is 24.3 Å². The maximum atomic E-state index is 13.4. The van der Waals surface area contributed by atoms with E-state index in [1.165, 1.54) is 0 Å². The van der Waals surface area contributed by atoms with Gasteiger partial charge in [0.2, 0.25) is 5.60 Å². The maximum absolute atomic E-state index is 13.4. The highest BCUT2D eigenvalue weighted by atomic mass is 16.7. The summed E-state index contributed by atoms with van der Waals surface area (Å²) in [4.78, 5) is 43.3. The van der Waals surface area contributed by atoms with Gasteiger partial charge < -0.3 is 23.9 Å². The van der Waals surface area contributed by atoms with E-state index in [0.29, 0.717) is 18.0 Å². The van der Waals surface area contributed by atoms with Gasteiger partial charge in [0.05, 0.1) is 36.2 Å². The molecule has 0 bridgehead atoms. The first-order valence-corrected chi connectivity index (χ1v) is 10.5. The molecule has 0 fully saturated rings. The van der Waals surface area contributed by atoms with E-state index in [1.54, 1.807) is 17.6 Å². The zero-order chi connectivity index (χ0) is 22.5. The molecule has 4 aliphatic rings. The summed E-state index contributed by atoms with van der Waals surface area (Å²) in [7, 11) is 0. The zero-order valence-electron chi connectivity index (χ0n) is 17.5. The summed E-state index contributed by atoms with van der Waals surface area (Å²) >= 11 is 0. The molecule has 9 nitrogen and oxygen atoms in total. The van der Waals surface area contributed by atoms with Crippen molar-refractivity contribution in [2.24, 2.45) is 4.99 Å². The number of ether oxygens (including phenoxy) is 3. The lowest BCUT2D eigenvalue weighted by Crippen LogP contribution is -2.47. The number of aliphatic imine (C=N–C) groups is 1. The highest BCUT2D eigenvalue weighted by molar-refractivity contribution is 6.15. The monoisotopic (exact) mass is 437 g/mol. The number of esters is 1. The summed E-state index contributed by atoms with van der Waals surface area (Å²) in [6.07, 6.45) is 7.77. The summed E-state index contributed by atoms with van der Waals surface area (Å²) in [5, 5.41) is 10.7. The van der Waals surface area contributed by atoms with E-state index in [1.807, 2.05) is 18.2 Å². The van der Waals surface area contributed by atoms with E-state index in [4.69, 9.17) is 19.2 Å². The molecule has 3 aliphatic heterocycles. The minimum atomic E-state index is -1.83. The van der Waals surface area contributed by atoms with Crippen LogP contribution in [-0.4, -0.2) is 41.7 Å². The second-order valence-electron chi connectivity index (χ2n) is 7.97. The lowest BCUT2D eigenvalue weighted by molar-refractivity contribution is -0.372. The van der Waals surface area contributed by atoms with E-state index in [2.05, 4.69) is 6.08 Å². The largest absolute Gasteiger partial charge is 0.852 e. The molecule has 0 saturated heterocycles. The molecule has 0 radical (unpaired) electrons. The predicted octanol–water partition coefficient (Wildman–Crippen LogP) is 1.02. The predicted molar refractivity (Wildman–Crippen MR) is 110 cm³/mol. The van der Waals surface area contributed by atoms with Gasteiger partial charge in [-0.25, -0.2) is 9.59 Å². The van der Waals surface area contributed by atoms with Crippen molar-refractivity contribution < 1.29 is 28.9 Å². The number of aromatic nitrogens is 1. The number of carbonyl (C=O) groups excluding carboxylic acids is 2. The van der Waals surface area contributed by atoms with Crippen molar-refractivity contribution in [1.29, 1.82) is 0 Å². The first-order valence-electron chi connectivity index (χ1n) is 10.5. The fourth-order valence-electron chi connectivity index (χ4n) is 4.64. The maximum Gasteiger partial charge on any atom is 0.509 e. The van der Waals surface area contributed by atoms with Crippen LogP contribution in [0.4, 0.5) is 4.79 Å². The van der Waals surface area contributed by atoms with Crippen LogP contribution in [-0.2, 0) is 37.8 Å². The minimum absolute atomic E-state index is 0.0179. The number of rotatable bonds is 4. The normalized spacial score (nSPS) is 24.8. The molecule has 0 amide bonds. The molecule has 0 N–H and O–H groups in total. The Kier molecular flexibility index (Phi) is 4.85. The smallest absolute Gasteiger partial charge is 0.509 e. The second-order valence-corrected chi connectivity index (χ2v) is 7.97. The number of hydrogen-bond donors (Lipinski definition) is 0. The average molecular weight is 437 g/mol. The van der Waals surface area contributed by atoms with Gasteiger partial charge in [0.1, 0.15) is 6.61 Å². The molecular formula is C23H21N2O7-. The third-order valence-electron chi connectivity index (χ3n) is 6.24. The van der Waals surface area contributed by atoms with E-state index in [9.17, 15) is 19.5 Å². The lowest BCUT2D eigenvalue weighted by Gasteiger charge is -2.35.